The van der Waals surface area contributed by atoms with Crippen LogP contribution in [0.2, 0.25) is 0 Å². The molecule has 0 aliphatic rings. The van der Waals surface area contributed by atoms with E-state index in [-0.39, 0.29) is 17.9 Å². The van der Waals surface area contributed by atoms with Crippen molar-refractivity contribution in [1.82, 2.24) is 5.32 Å². The highest BCUT2D eigenvalue weighted by Crippen LogP contribution is 2.14. The molecule has 2 nitrogen and oxygen atoms in total. The molecule has 1 amide bonds. The van der Waals surface area contributed by atoms with Crippen molar-refractivity contribution in [2.75, 3.05) is 5.33 Å². The molecule has 0 bridgehead atoms. The van der Waals surface area contributed by atoms with E-state index < -0.39 is 0 Å². The molecule has 0 saturated heterocycles. The molecule has 0 aromatic carbocycles. The zero-order valence-corrected chi connectivity index (χ0v) is 12.6. The Bertz CT molecular complexity index is 196. The van der Waals surface area contributed by atoms with Crippen molar-refractivity contribution < 1.29 is 4.79 Å². The van der Waals surface area contributed by atoms with Crippen LogP contribution in [0.4, 0.5) is 0 Å². The molecule has 0 heterocycles. The normalized spacial score (nSPS) is 16.6. The Morgan fingerprint density at radius 1 is 1.31 bits per heavy atom. The molecule has 1 N–H and O–H groups in total. The van der Waals surface area contributed by atoms with E-state index >= 15 is 0 Å². The number of rotatable bonds is 8. The summed E-state index contributed by atoms with van der Waals surface area (Å²) in [4.78, 5) is 12.0. The molecule has 3 atom stereocenters. The van der Waals surface area contributed by atoms with E-state index in [0.29, 0.717) is 5.92 Å². The molecule has 0 spiro atoms. The van der Waals surface area contributed by atoms with Gasteiger partial charge in [0.1, 0.15) is 0 Å². The zero-order valence-electron chi connectivity index (χ0n) is 11.1. The summed E-state index contributed by atoms with van der Waals surface area (Å²) in [5.74, 6) is 0.911. The minimum Gasteiger partial charge on any atom is -0.353 e. The Hall–Kier alpha value is -0.0500. The maximum absolute atomic E-state index is 12.0. The van der Waals surface area contributed by atoms with Crippen molar-refractivity contribution in [1.29, 1.82) is 0 Å². The summed E-state index contributed by atoms with van der Waals surface area (Å²) in [6, 6.07) is 0.252. The molecule has 3 heteroatoms. The van der Waals surface area contributed by atoms with E-state index in [1.165, 1.54) is 0 Å². The quantitative estimate of drug-likeness (QED) is 0.678. The SMILES string of the molecule is CCCCC(CC)C(=O)NC(C)C(C)CBr. The van der Waals surface area contributed by atoms with Gasteiger partial charge in [0.25, 0.3) is 0 Å². The van der Waals surface area contributed by atoms with Crippen LogP contribution >= 0.6 is 15.9 Å². The third-order valence-corrected chi connectivity index (χ3v) is 4.26. The summed E-state index contributed by atoms with van der Waals surface area (Å²) < 4.78 is 0. The second-order valence-electron chi connectivity index (χ2n) is 4.68. The number of hydrogen-bond donors (Lipinski definition) is 1. The van der Waals surface area contributed by atoms with Crippen LogP contribution in [0, 0.1) is 11.8 Å². The Morgan fingerprint density at radius 2 is 1.94 bits per heavy atom. The van der Waals surface area contributed by atoms with Crippen LogP contribution in [-0.4, -0.2) is 17.3 Å². The topological polar surface area (TPSA) is 29.1 Å². The standard InChI is InChI=1S/C13H26BrNO/c1-5-7-8-12(6-2)13(16)15-11(4)10(3)9-14/h10-12H,5-9H2,1-4H3,(H,15,16). The maximum Gasteiger partial charge on any atom is 0.223 e. The van der Waals surface area contributed by atoms with Gasteiger partial charge in [0, 0.05) is 17.3 Å². The summed E-state index contributed by atoms with van der Waals surface area (Å²) in [6.45, 7) is 8.49. The summed E-state index contributed by atoms with van der Waals surface area (Å²) >= 11 is 3.45. The van der Waals surface area contributed by atoms with E-state index in [9.17, 15) is 4.79 Å². The first-order chi connectivity index (χ1) is 7.56. The number of nitrogens with one attached hydrogen (secondary N) is 1. The van der Waals surface area contributed by atoms with Crippen molar-refractivity contribution in [3.8, 4) is 0 Å². The predicted octanol–water partition coefficient (Wildman–Crippen LogP) is 3.74. The fourth-order valence-electron chi connectivity index (χ4n) is 1.59. The zero-order chi connectivity index (χ0) is 12.6. The van der Waals surface area contributed by atoms with E-state index in [1.54, 1.807) is 0 Å². The number of amides is 1. The van der Waals surface area contributed by atoms with Gasteiger partial charge in [-0.15, -0.1) is 0 Å². The van der Waals surface area contributed by atoms with Crippen LogP contribution in [0.15, 0.2) is 0 Å². The number of alkyl halides is 1. The minimum absolute atomic E-state index is 0.199. The molecule has 0 saturated carbocycles. The third-order valence-electron chi connectivity index (χ3n) is 3.24. The summed E-state index contributed by atoms with van der Waals surface area (Å²) in [5.41, 5.74) is 0. The summed E-state index contributed by atoms with van der Waals surface area (Å²) in [7, 11) is 0. The molecular weight excluding hydrogens is 266 g/mol. The van der Waals surface area contributed by atoms with Crippen LogP contribution in [0.5, 0.6) is 0 Å². The third kappa shape index (κ3) is 5.88. The minimum atomic E-state index is 0.199. The average Bonchev–Trinajstić information content (AvgIpc) is 2.28. The molecular formula is C13H26BrNO. The fraction of sp³-hybridized carbons (Fsp3) is 0.923. The van der Waals surface area contributed by atoms with Crippen LogP contribution in [-0.2, 0) is 4.79 Å². The van der Waals surface area contributed by atoms with Gasteiger partial charge in [0.2, 0.25) is 5.91 Å². The lowest BCUT2D eigenvalue weighted by Gasteiger charge is -2.22. The van der Waals surface area contributed by atoms with Crippen molar-refractivity contribution >= 4 is 21.8 Å². The lowest BCUT2D eigenvalue weighted by molar-refractivity contribution is -0.126. The predicted molar refractivity (Wildman–Crippen MR) is 73.9 cm³/mol. The first kappa shape index (κ1) is 16.0. The number of carbonyl (C=O) groups excluding carboxylic acids is 1. The fourth-order valence-corrected chi connectivity index (χ4v) is 2.15. The molecule has 16 heavy (non-hydrogen) atoms. The Balaban J connectivity index is 4.09. The van der Waals surface area contributed by atoms with Crippen molar-refractivity contribution in [2.24, 2.45) is 11.8 Å². The van der Waals surface area contributed by atoms with Gasteiger partial charge in [-0.05, 0) is 25.7 Å². The van der Waals surface area contributed by atoms with Gasteiger partial charge in [0.05, 0.1) is 0 Å². The largest absolute Gasteiger partial charge is 0.353 e. The molecule has 0 radical (unpaired) electrons. The number of unbranched alkanes of at least 4 members (excludes halogenated alkanes) is 1. The first-order valence-electron chi connectivity index (χ1n) is 6.43. The number of carbonyl (C=O) groups is 1. The summed E-state index contributed by atoms with van der Waals surface area (Å²) in [6.07, 6.45) is 4.28. The van der Waals surface area contributed by atoms with Gasteiger partial charge < -0.3 is 5.32 Å². The molecule has 0 rings (SSSR count). The summed E-state index contributed by atoms with van der Waals surface area (Å²) in [5, 5.41) is 4.05. The molecule has 0 aromatic heterocycles. The van der Waals surface area contributed by atoms with Gasteiger partial charge in [-0.2, -0.15) is 0 Å². The van der Waals surface area contributed by atoms with E-state index in [1.807, 2.05) is 0 Å². The van der Waals surface area contributed by atoms with Gasteiger partial charge >= 0.3 is 0 Å². The second-order valence-corrected chi connectivity index (χ2v) is 5.32. The molecule has 96 valence electrons. The average molecular weight is 292 g/mol. The Kier molecular flexibility index (Phi) is 9.00. The lowest BCUT2D eigenvalue weighted by Crippen LogP contribution is -2.41. The Labute approximate surface area is 109 Å². The van der Waals surface area contributed by atoms with Crippen LogP contribution < -0.4 is 5.32 Å². The monoisotopic (exact) mass is 291 g/mol. The number of hydrogen-bond acceptors (Lipinski definition) is 1. The van der Waals surface area contributed by atoms with Gasteiger partial charge in [-0.1, -0.05) is 49.5 Å². The first-order valence-corrected chi connectivity index (χ1v) is 7.55. The Morgan fingerprint density at radius 3 is 2.38 bits per heavy atom. The molecule has 0 aliphatic heterocycles. The molecule has 0 fully saturated rings. The van der Waals surface area contributed by atoms with E-state index in [2.05, 4.69) is 48.9 Å². The highest BCUT2D eigenvalue weighted by atomic mass is 79.9. The lowest BCUT2D eigenvalue weighted by atomic mass is 9.97. The van der Waals surface area contributed by atoms with Gasteiger partial charge in [-0.3, -0.25) is 4.79 Å². The van der Waals surface area contributed by atoms with Crippen molar-refractivity contribution in [3.05, 3.63) is 0 Å². The van der Waals surface area contributed by atoms with E-state index in [4.69, 9.17) is 0 Å². The van der Waals surface area contributed by atoms with Crippen molar-refractivity contribution in [2.45, 2.75) is 59.4 Å². The van der Waals surface area contributed by atoms with Crippen LogP contribution in [0.3, 0.4) is 0 Å². The van der Waals surface area contributed by atoms with Gasteiger partial charge in [0.15, 0.2) is 0 Å². The highest BCUT2D eigenvalue weighted by molar-refractivity contribution is 9.09. The van der Waals surface area contributed by atoms with Crippen LogP contribution in [0.1, 0.15) is 53.4 Å². The molecule has 0 aromatic rings. The highest BCUT2D eigenvalue weighted by Gasteiger charge is 2.19. The smallest absolute Gasteiger partial charge is 0.223 e. The van der Waals surface area contributed by atoms with E-state index in [0.717, 1.165) is 31.0 Å². The molecule has 0 aliphatic carbocycles. The van der Waals surface area contributed by atoms with Gasteiger partial charge in [-0.25, -0.2) is 0 Å². The maximum atomic E-state index is 12.0. The number of halogens is 1. The van der Waals surface area contributed by atoms with Crippen LogP contribution in [0.25, 0.3) is 0 Å². The van der Waals surface area contributed by atoms with Crippen molar-refractivity contribution in [3.63, 3.8) is 0 Å². The molecule has 3 unspecified atom stereocenters. The second kappa shape index (κ2) is 9.03.